The van der Waals surface area contributed by atoms with Gasteiger partial charge in [-0.15, -0.1) is 22.7 Å². The summed E-state index contributed by atoms with van der Waals surface area (Å²) in [6.45, 7) is 1.26. The number of benzene rings is 1. The Hall–Kier alpha value is -1.16. The van der Waals surface area contributed by atoms with Crippen LogP contribution in [-0.2, 0) is 43.2 Å². The maximum Gasteiger partial charge on any atom is 7.00 e. The molecule has 2 N–H and O–H groups in total. The van der Waals surface area contributed by atoms with Crippen LogP contribution in [0.1, 0.15) is 10.0 Å². The van der Waals surface area contributed by atoms with Crippen molar-refractivity contribution in [2.75, 3.05) is 4.90 Å². The van der Waals surface area contributed by atoms with Gasteiger partial charge in [0.05, 0.1) is 18.0 Å². The fraction of sp³-hybridized carbons (Fsp3) is 0.143. The van der Waals surface area contributed by atoms with Gasteiger partial charge in [-0.2, -0.15) is 0 Å². The van der Waals surface area contributed by atoms with Gasteiger partial charge >= 0.3 is 20.1 Å². The first-order chi connectivity index (χ1) is 11.0. The normalized spacial score (nSPS) is 11.0. The number of hydrogen-bond acceptors (Lipinski definition) is 7. The quantitative estimate of drug-likeness (QED) is 0.606. The molecule has 3 aromatic rings. The summed E-state index contributed by atoms with van der Waals surface area (Å²) in [5.41, 5.74) is 0.891. The standard InChI is InChI=1S/C14H14N4O2S3.Tc/c15-23(19,20)12-3-1-11(2-4-12)18(9-13-16-5-7-21-13)10-14-17-6-8-22-14;/h1-8H,9-10H2,(H2,15,19,20);/q;+7. The minimum Gasteiger partial charge on any atom is -0.358 e. The average molecular weight is 464 g/mol. The molecule has 0 aliphatic heterocycles. The molecule has 0 bridgehead atoms. The first kappa shape index (κ1) is 19.2. The van der Waals surface area contributed by atoms with Crippen LogP contribution in [-0.4, -0.2) is 18.4 Å². The summed E-state index contributed by atoms with van der Waals surface area (Å²) < 4.78 is 22.7. The summed E-state index contributed by atoms with van der Waals surface area (Å²) in [5, 5.41) is 11.0. The molecule has 0 saturated carbocycles. The number of rotatable bonds is 6. The Labute approximate surface area is 161 Å². The van der Waals surface area contributed by atoms with Crippen molar-refractivity contribution in [2.45, 2.75) is 18.0 Å². The topological polar surface area (TPSA) is 89.2 Å². The maximum absolute atomic E-state index is 11.4. The summed E-state index contributed by atoms with van der Waals surface area (Å²) in [6, 6.07) is 6.53. The third-order valence-corrected chi connectivity index (χ3v) is 5.61. The fourth-order valence-electron chi connectivity index (χ4n) is 2.07. The Balaban J connectivity index is 0.00000208. The number of sulfonamides is 1. The predicted octanol–water partition coefficient (Wildman–Crippen LogP) is 2.45. The monoisotopic (exact) mass is 463 g/mol. The van der Waals surface area contributed by atoms with Crippen LogP contribution in [0, 0.1) is 0 Å². The van der Waals surface area contributed by atoms with Crippen LogP contribution >= 0.6 is 22.7 Å². The Morgan fingerprint density at radius 1 is 0.958 bits per heavy atom. The van der Waals surface area contributed by atoms with E-state index in [2.05, 4.69) is 14.9 Å². The maximum atomic E-state index is 11.4. The number of nitrogens with zero attached hydrogens (tertiary/aromatic N) is 3. The summed E-state index contributed by atoms with van der Waals surface area (Å²) in [6.07, 6.45) is 3.54. The molecule has 0 unspecified atom stereocenters. The van der Waals surface area contributed by atoms with E-state index in [0.717, 1.165) is 15.7 Å². The molecule has 0 fully saturated rings. The number of primary sulfonamides is 1. The molecule has 1 aromatic carbocycles. The van der Waals surface area contributed by atoms with E-state index < -0.39 is 10.0 Å². The SMILES string of the molecule is NS(=O)(=O)c1ccc(N(Cc2nccs2)Cc2nccs2)cc1.[Tc+7]. The predicted molar refractivity (Wildman–Crippen MR) is 91.9 cm³/mol. The zero-order valence-corrected chi connectivity index (χ0v) is 16.7. The van der Waals surface area contributed by atoms with Crippen molar-refractivity contribution >= 4 is 38.4 Å². The molecular formula is C14H14N4O2S3Tc+7. The molecule has 120 valence electrons. The third kappa shape index (κ3) is 4.92. The summed E-state index contributed by atoms with van der Waals surface area (Å²) in [4.78, 5) is 10.8. The molecule has 24 heavy (non-hydrogen) atoms. The van der Waals surface area contributed by atoms with Gasteiger partial charge in [-0.1, -0.05) is 0 Å². The zero-order chi connectivity index (χ0) is 16.3. The van der Waals surface area contributed by atoms with Gasteiger partial charge in [-0.3, -0.25) is 0 Å². The number of aromatic nitrogens is 2. The Morgan fingerprint density at radius 2 is 1.46 bits per heavy atom. The molecule has 0 aliphatic rings. The van der Waals surface area contributed by atoms with Gasteiger partial charge in [0, 0.05) is 28.8 Å². The molecule has 0 radical (unpaired) electrons. The Bertz CT molecular complexity index is 814. The molecule has 0 aliphatic carbocycles. The van der Waals surface area contributed by atoms with Crippen molar-refractivity contribution in [1.29, 1.82) is 0 Å². The molecule has 0 amide bonds. The van der Waals surface area contributed by atoms with E-state index in [9.17, 15) is 8.42 Å². The van der Waals surface area contributed by atoms with Gasteiger partial charge in [0.15, 0.2) is 0 Å². The van der Waals surface area contributed by atoms with Gasteiger partial charge in [-0.25, -0.2) is 23.5 Å². The van der Waals surface area contributed by atoms with E-state index in [0.29, 0.717) is 13.1 Å². The van der Waals surface area contributed by atoms with Gasteiger partial charge in [0.1, 0.15) is 10.0 Å². The van der Waals surface area contributed by atoms with E-state index in [1.807, 2.05) is 10.8 Å². The molecule has 0 saturated heterocycles. The van der Waals surface area contributed by atoms with Crippen LogP contribution in [0.3, 0.4) is 0 Å². The molecule has 10 heteroatoms. The Kier molecular flexibility index (Phi) is 6.61. The van der Waals surface area contributed by atoms with Crippen molar-refractivity contribution in [3.05, 3.63) is 57.4 Å². The fourth-order valence-corrected chi connectivity index (χ4v) is 3.85. The zero-order valence-electron chi connectivity index (χ0n) is 12.4. The Morgan fingerprint density at radius 3 is 1.83 bits per heavy atom. The van der Waals surface area contributed by atoms with Gasteiger partial charge in [-0.05, 0) is 24.3 Å². The van der Waals surface area contributed by atoms with E-state index in [4.69, 9.17) is 5.14 Å². The molecule has 2 heterocycles. The second kappa shape index (κ2) is 8.28. The minimum absolute atomic E-state index is 0. The van der Waals surface area contributed by atoms with Gasteiger partial charge < -0.3 is 4.90 Å². The van der Waals surface area contributed by atoms with Crippen LogP contribution in [0.5, 0.6) is 0 Å². The first-order valence-corrected chi connectivity index (χ1v) is 9.97. The van der Waals surface area contributed by atoms with Crippen molar-refractivity contribution in [3.8, 4) is 0 Å². The van der Waals surface area contributed by atoms with Crippen LogP contribution in [0.2, 0.25) is 0 Å². The third-order valence-electron chi connectivity index (χ3n) is 3.15. The molecule has 0 spiro atoms. The molecule has 0 atom stereocenters. The minimum atomic E-state index is -3.68. The second-order valence-electron chi connectivity index (χ2n) is 4.75. The van der Waals surface area contributed by atoms with Crippen LogP contribution in [0.25, 0.3) is 0 Å². The number of hydrogen-bond donors (Lipinski definition) is 1. The number of anilines is 1. The van der Waals surface area contributed by atoms with Crippen LogP contribution < -0.4 is 10.0 Å². The molecule has 2 aromatic heterocycles. The summed E-state index contributed by atoms with van der Waals surface area (Å²) >= 11 is 3.16. The summed E-state index contributed by atoms with van der Waals surface area (Å²) in [5.74, 6) is 0. The van der Waals surface area contributed by atoms with Gasteiger partial charge in [0.25, 0.3) is 0 Å². The summed E-state index contributed by atoms with van der Waals surface area (Å²) in [7, 11) is -3.68. The average Bonchev–Trinajstić information content (AvgIpc) is 3.19. The van der Waals surface area contributed by atoms with Crippen molar-refractivity contribution in [3.63, 3.8) is 0 Å². The van der Waals surface area contributed by atoms with Gasteiger partial charge in [0.2, 0.25) is 10.0 Å². The second-order valence-corrected chi connectivity index (χ2v) is 8.27. The van der Waals surface area contributed by atoms with E-state index in [1.165, 1.54) is 12.1 Å². The van der Waals surface area contributed by atoms with E-state index >= 15 is 0 Å². The van der Waals surface area contributed by atoms with Crippen molar-refractivity contribution in [1.82, 2.24) is 9.97 Å². The largest absolute Gasteiger partial charge is 7.00 e. The number of thiazole rings is 2. The first-order valence-electron chi connectivity index (χ1n) is 6.67. The molecule has 3 rings (SSSR count). The smallest absolute Gasteiger partial charge is 0.358 e. The van der Waals surface area contributed by atoms with Crippen molar-refractivity contribution in [2.24, 2.45) is 5.14 Å². The molecular weight excluding hydrogens is 450 g/mol. The van der Waals surface area contributed by atoms with Crippen LogP contribution in [0.4, 0.5) is 5.69 Å². The van der Waals surface area contributed by atoms with E-state index in [-0.39, 0.29) is 25.0 Å². The van der Waals surface area contributed by atoms with Crippen LogP contribution in [0.15, 0.2) is 52.3 Å². The van der Waals surface area contributed by atoms with E-state index in [1.54, 1.807) is 47.2 Å². The van der Waals surface area contributed by atoms with Crippen molar-refractivity contribution < 1.29 is 28.5 Å². The number of nitrogens with two attached hydrogens (primary N) is 1. The molecule has 6 nitrogen and oxygen atoms in total.